The van der Waals surface area contributed by atoms with Crippen LogP contribution in [0.4, 0.5) is 47.1 Å². The Morgan fingerprint density at radius 3 is 1.19 bits per heavy atom. The summed E-state index contributed by atoms with van der Waals surface area (Å²) in [5.74, 6) is -3.22. The van der Waals surface area contributed by atoms with Gasteiger partial charge in [-0.25, -0.2) is 0 Å². The molecular weight excluding hydrogens is 993 g/mol. The van der Waals surface area contributed by atoms with Crippen LogP contribution in [0.5, 0.6) is 0 Å². The van der Waals surface area contributed by atoms with Gasteiger partial charge in [-0.05, 0) is 35.4 Å². The van der Waals surface area contributed by atoms with Gasteiger partial charge in [-0.2, -0.15) is 63.6 Å². The highest BCUT2D eigenvalue weighted by molar-refractivity contribution is 7.86. The fraction of sp³-hybridized carbons (Fsp3) is 0.412. The lowest BCUT2D eigenvalue weighted by Crippen LogP contribution is -2.37. The largest absolute Gasteiger partial charge is 0.395 e. The second kappa shape index (κ2) is 24.1. The molecule has 0 radical (unpaired) electrons. The van der Waals surface area contributed by atoms with E-state index in [0.717, 1.165) is 24.3 Å². The molecule has 376 valence electrons. The van der Waals surface area contributed by atoms with Crippen molar-refractivity contribution < 1.29 is 82.5 Å². The Bertz CT molecular complexity index is 2660. The first-order chi connectivity index (χ1) is 31.8. The zero-order chi connectivity index (χ0) is 50.5. The summed E-state index contributed by atoms with van der Waals surface area (Å²) in [5, 5.41) is 68.6. The minimum atomic E-state index is -5.06. The first-order valence-corrected chi connectivity index (χ1v) is 25.6. The summed E-state index contributed by atoms with van der Waals surface area (Å²) in [6.45, 7) is -4.08. The molecule has 2 unspecified atom stereocenters. The second-order valence-corrected chi connectivity index (χ2v) is 20.0. The third-order valence-electron chi connectivity index (χ3n) is 8.66. The summed E-state index contributed by atoms with van der Waals surface area (Å²) >= 11 is 0. The monoisotopic (exact) mass is 1040 g/mol. The molecule has 0 aliphatic rings. The SMILES string of the molecule is O=S(=O)(O)CCNc1nc(Nc2ccc(/C=C/c3ccc(Nc4nc(NCCS(=O)(=O)O)nc(N(CCO)CC(O)CO)n4)cc3S(=O)(=O)O)c(S(=O)(=O)O)c2)nc(N(CCO)CC(O)CO)n1. The van der Waals surface area contributed by atoms with Gasteiger partial charge >= 0.3 is 0 Å². The average Bonchev–Trinajstić information content (AvgIpc) is 3.24. The molecule has 34 heteroatoms. The van der Waals surface area contributed by atoms with Crippen molar-refractivity contribution in [2.24, 2.45) is 0 Å². The minimum Gasteiger partial charge on any atom is -0.395 e. The lowest BCUT2D eigenvalue weighted by molar-refractivity contribution is 0.0987. The molecule has 14 N–H and O–H groups in total. The fourth-order valence-electron chi connectivity index (χ4n) is 5.66. The summed E-state index contributed by atoms with van der Waals surface area (Å²) in [6, 6.07) is 6.77. The Labute approximate surface area is 388 Å². The quantitative estimate of drug-likeness (QED) is 0.0201. The van der Waals surface area contributed by atoms with Crippen molar-refractivity contribution in [3.8, 4) is 0 Å². The third kappa shape index (κ3) is 17.8. The Hall–Kier alpha value is -5.60. The van der Waals surface area contributed by atoms with Crippen LogP contribution in [0.25, 0.3) is 12.2 Å². The summed E-state index contributed by atoms with van der Waals surface area (Å²) in [5.41, 5.74) is -0.612. The van der Waals surface area contributed by atoms with E-state index in [4.69, 9.17) is 9.11 Å². The summed E-state index contributed by atoms with van der Waals surface area (Å²) < 4.78 is 135. The van der Waals surface area contributed by atoms with E-state index in [0.29, 0.717) is 0 Å². The first-order valence-electron chi connectivity index (χ1n) is 19.5. The summed E-state index contributed by atoms with van der Waals surface area (Å²) in [7, 11) is -19.0. The van der Waals surface area contributed by atoms with Crippen LogP contribution in [0, 0.1) is 0 Å². The smallest absolute Gasteiger partial charge is 0.295 e. The molecule has 0 fully saturated rings. The second-order valence-electron chi connectivity index (χ2n) is 14.0. The number of hydrogen-bond acceptors (Lipinski definition) is 26. The van der Waals surface area contributed by atoms with E-state index < -0.39 is 113 Å². The van der Waals surface area contributed by atoms with Crippen LogP contribution in [0.1, 0.15) is 11.1 Å². The molecule has 0 aliphatic carbocycles. The average molecular weight is 1040 g/mol. The number of aliphatic hydroxyl groups is 6. The van der Waals surface area contributed by atoms with Gasteiger partial charge in [0.05, 0.1) is 50.1 Å². The maximum Gasteiger partial charge on any atom is 0.295 e. The number of benzene rings is 2. The number of aliphatic hydroxyl groups excluding tert-OH is 6. The molecule has 2 aromatic heterocycles. The van der Waals surface area contributed by atoms with Gasteiger partial charge in [0.1, 0.15) is 9.79 Å². The highest BCUT2D eigenvalue weighted by Crippen LogP contribution is 2.29. The van der Waals surface area contributed by atoms with Crippen LogP contribution in [0.3, 0.4) is 0 Å². The standard InChI is InChI=1S/C34H48N12O18S4/c47-11-9-45(17-25(51)19-49)33-41-29(35-7-13-65(53,54)55)39-31(43-33)37-23-5-3-21(27(15-23)67(59,60)61)1-2-22-4-6-24(16-28(22)68(62,63)64)38-32-40-30(36-8-14-66(56,57)58)42-34(44-32)46(10-12-48)18-26(52)20-50/h1-6,15-16,25-26,47-52H,7-14,17-20H2,(H,53,54,55)(H,56,57,58)(H,59,60,61)(H,62,63,64)(H2,35,37,39,41,43)(H2,36,38,40,42,44)/b2-1+. The van der Waals surface area contributed by atoms with Crippen LogP contribution in [-0.4, -0.2) is 202 Å². The molecule has 0 saturated carbocycles. The normalized spacial score (nSPS) is 13.3. The van der Waals surface area contributed by atoms with E-state index >= 15 is 0 Å². The van der Waals surface area contributed by atoms with Crippen molar-refractivity contribution >= 4 is 99.7 Å². The van der Waals surface area contributed by atoms with E-state index in [1.807, 2.05) is 0 Å². The number of hydrogen-bond donors (Lipinski definition) is 14. The Balaban J connectivity index is 1.71. The molecule has 0 saturated heterocycles. The van der Waals surface area contributed by atoms with Crippen LogP contribution in [0.2, 0.25) is 0 Å². The molecular formula is C34H48N12O18S4. The Morgan fingerprint density at radius 2 is 0.882 bits per heavy atom. The number of nitrogens with one attached hydrogen (secondary N) is 4. The van der Waals surface area contributed by atoms with E-state index in [1.54, 1.807) is 0 Å². The predicted molar refractivity (Wildman–Crippen MR) is 242 cm³/mol. The molecule has 2 atom stereocenters. The molecule has 2 aromatic carbocycles. The van der Waals surface area contributed by atoms with Gasteiger partial charge < -0.3 is 61.7 Å². The van der Waals surface area contributed by atoms with Gasteiger partial charge in [0.15, 0.2) is 0 Å². The third-order valence-corrected chi connectivity index (χ3v) is 11.9. The van der Waals surface area contributed by atoms with Gasteiger partial charge in [0.25, 0.3) is 40.5 Å². The van der Waals surface area contributed by atoms with Crippen molar-refractivity contribution in [1.29, 1.82) is 0 Å². The van der Waals surface area contributed by atoms with Crippen molar-refractivity contribution in [3.63, 3.8) is 0 Å². The molecule has 4 rings (SSSR count). The fourth-order valence-corrected chi connectivity index (χ4v) is 7.80. The molecule has 0 aliphatic heterocycles. The van der Waals surface area contributed by atoms with Crippen molar-refractivity contribution in [2.75, 3.05) is 108 Å². The van der Waals surface area contributed by atoms with Crippen LogP contribution >= 0.6 is 0 Å². The van der Waals surface area contributed by atoms with Gasteiger partial charge in [0, 0.05) is 50.6 Å². The van der Waals surface area contributed by atoms with Crippen LogP contribution in [-0.2, 0) is 40.5 Å². The number of nitrogens with zero attached hydrogens (tertiary/aromatic N) is 8. The zero-order valence-corrected chi connectivity index (χ0v) is 38.5. The molecule has 0 spiro atoms. The van der Waals surface area contributed by atoms with Crippen LogP contribution in [0.15, 0.2) is 46.2 Å². The minimum absolute atomic E-state index is 0.0868. The maximum absolute atomic E-state index is 12.7. The predicted octanol–water partition coefficient (Wildman–Crippen LogP) is -2.89. The van der Waals surface area contributed by atoms with Crippen molar-refractivity contribution in [1.82, 2.24) is 29.9 Å². The van der Waals surface area contributed by atoms with E-state index in [9.17, 15) is 73.4 Å². The maximum atomic E-state index is 12.7. The molecule has 0 amide bonds. The van der Waals surface area contributed by atoms with E-state index in [-0.39, 0.29) is 84.4 Å². The lowest BCUT2D eigenvalue weighted by Gasteiger charge is -2.24. The summed E-state index contributed by atoms with van der Waals surface area (Å²) in [6.07, 6.45) is -0.488. The Morgan fingerprint density at radius 1 is 0.529 bits per heavy atom. The van der Waals surface area contributed by atoms with Gasteiger partial charge in [-0.15, -0.1) is 0 Å². The van der Waals surface area contributed by atoms with Gasteiger partial charge in [-0.3, -0.25) is 18.2 Å². The molecule has 2 heterocycles. The summed E-state index contributed by atoms with van der Waals surface area (Å²) in [4.78, 5) is 25.8. The Kier molecular flexibility index (Phi) is 19.5. The highest BCUT2D eigenvalue weighted by atomic mass is 32.2. The zero-order valence-electron chi connectivity index (χ0n) is 35.2. The van der Waals surface area contributed by atoms with E-state index in [2.05, 4.69) is 51.2 Å². The molecule has 30 nitrogen and oxygen atoms in total. The molecule has 68 heavy (non-hydrogen) atoms. The highest BCUT2D eigenvalue weighted by Gasteiger charge is 2.22. The first kappa shape index (κ1) is 55.0. The van der Waals surface area contributed by atoms with Crippen molar-refractivity contribution in [3.05, 3.63) is 47.5 Å². The van der Waals surface area contributed by atoms with Crippen molar-refractivity contribution in [2.45, 2.75) is 22.0 Å². The lowest BCUT2D eigenvalue weighted by atomic mass is 10.1. The van der Waals surface area contributed by atoms with Gasteiger partial charge in [-0.1, -0.05) is 24.3 Å². The van der Waals surface area contributed by atoms with Gasteiger partial charge in [0.2, 0.25) is 35.7 Å². The van der Waals surface area contributed by atoms with Crippen LogP contribution < -0.4 is 31.1 Å². The number of anilines is 8. The topological polar surface area (TPSA) is 471 Å². The molecule has 0 bridgehead atoms. The number of rotatable bonds is 28. The van der Waals surface area contributed by atoms with E-state index in [1.165, 1.54) is 34.1 Å². The number of aromatic nitrogens is 6. The molecule has 4 aromatic rings.